The van der Waals surface area contributed by atoms with Gasteiger partial charge in [-0.25, -0.2) is 4.57 Å². The molecule has 2 aromatic carbocycles. The summed E-state index contributed by atoms with van der Waals surface area (Å²) in [5.41, 5.74) is 10.1. The van der Waals surface area contributed by atoms with Gasteiger partial charge < -0.3 is 0 Å². The minimum absolute atomic E-state index is 0.404. The normalized spacial score (nSPS) is 11.3. The average Bonchev–Trinajstić information content (AvgIpc) is 3.10. The highest BCUT2D eigenvalue weighted by atomic mass is 15.0. The topological polar surface area (TPSA) is 3.88 Å². The van der Waals surface area contributed by atoms with Gasteiger partial charge in [-0.2, -0.15) is 0 Å². The molecule has 0 spiro atoms. The lowest BCUT2D eigenvalue weighted by Crippen LogP contribution is -2.69. The Morgan fingerprint density at radius 1 is 0.704 bits per heavy atom. The van der Waals surface area contributed by atoms with Gasteiger partial charge in [0.05, 0.1) is 0 Å². The molecule has 0 N–H and O–H groups in total. The fourth-order valence-corrected chi connectivity index (χ4v) is 4.09. The number of fused-ring (bicyclic) bond motifs is 5. The van der Waals surface area contributed by atoms with Crippen molar-refractivity contribution in [1.82, 2.24) is 0 Å². The third-order valence-electron chi connectivity index (χ3n) is 5.01. The molecule has 5 rings (SSSR count). The first-order chi connectivity index (χ1) is 13.3. The van der Waals surface area contributed by atoms with Gasteiger partial charge in [0.2, 0.25) is 0 Å². The number of hydrogen-bond acceptors (Lipinski definition) is 0. The zero-order chi connectivity index (χ0) is 20.0. The summed E-state index contributed by atoms with van der Waals surface area (Å²) in [6, 6.07) is 22.3. The zero-order valence-corrected chi connectivity index (χ0v) is 18.0. The molecule has 0 saturated heterocycles. The first kappa shape index (κ1) is 21.0. The average molecular weight is 358 g/mol. The molecule has 0 atom stereocenters. The summed E-state index contributed by atoms with van der Waals surface area (Å²) in [5, 5.41) is 0. The van der Waals surface area contributed by atoms with Crippen LogP contribution < -0.4 is 21.1 Å². The van der Waals surface area contributed by atoms with E-state index in [1.54, 1.807) is 0 Å². The van der Waals surface area contributed by atoms with Crippen molar-refractivity contribution in [2.75, 3.05) is 0 Å². The molecule has 2 aliphatic heterocycles. The lowest BCUT2D eigenvalue weighted by atomic mass is 9.39. The molecule has 0 saturated carbocycles. The number of pyridine rings is 1. The molecular formula is C25H33BN+. The van der Waals surface area contributed by atoms with Crippen molar-refractivity contribution in [2.24, 2.45) is 0 Å². The SMILES string of the molecule is CC.CC.CC.Cc1cccc2[n+]1Cc1cccc3c1B2c1ccccc1-3. The van der Waals surface area contributed by atoms with Crippen LogP contribution in [0.25, 0.3) is 11.1 Å². The van der Waals surface area contributed by atoms with Gasteiger partial charge in [0, 0.05) is 18.6 Å². The van der Waals surface area contributed by atoms with E-state index in [4.69, 9.17) is 0 Å². The second-order valence-electron chi connectivity index (χ2n) is 6.08. The Bertz CT molecular complexity index is 899. The first-order valence-electron chi connectivity index (χ1n) is 10.5. The smallest absolute Gasteiger partial charge is 0.204 e. The van der Waals surface area contributed by atoms with Gasteiger partial charge in [0.25, 0.3) is 0 Å². The van der Waals surface area contributed by atoms with Crippen molar-refractivity contribution in [3.63, 3.8) is 0 Å². The van der Waals surface area contributed by atoms with Crippen LogP contribution >= 0.6 is 0 Å². The predicted octanol–water partition coefficient (Wildman–Crippen LogP) is 4.22. The monoisotopic (exact) mass is 358 g/mol. The molecule has 140 valence electrons. The summed E-state index contributed by atoms with van der Waals surface area (Å²) in [6.07, 6.45) is 0. The second-order valence-corrected chi connectivity index (χ2v) is 6.08. The van der Waals surface area contributed by atoms with E-state index in [9.17, 15) is 0 Å². The lowest BCUT2D eigenvalue weighted by molar-refractivity contribution is -0.678. The van der Waals surface area contributed by atoms with Gasteiger partial charge in [-0.3, -0.25) is 0 Å². The number of aryl methyl sites for hydroxylation is 1. The molecule has 2 heteroatoms. The molecule has 1 aromatic heterocycles. The molecule has 0 fully saturated rings. The van der Waals surface area contributed by atoms with Crippen molar-refractivity contribution in [2.45, 2.75) is 55.0 Å². The first-order valence-corrected chi connectivity index (χ1v) is 10.5. The maximum absolute atomic E-state index is 2.47. The Labute approximate surface area is 166 Å². The number of aromatic nitrogens is 1. The van der Waals surface area contributed by atoms with Gasteiger partial charge in [-0.1, -0.05) is 95.5 Å². The number of rotatable bonds is 0. The molecule has 0 radical (unpaired) electrons. The molecule has 0 aliphatic carbocycles. The van der Waals surface area contributed by atoms with E-state index >= 15 is 0 Å². The minimum atomic E-state index is 0.404. The quantitative estimate of drug-likeness (QED) is 0.288. The van der Waals surface area contributed by atoms with Gasteiger partial charge in [0.15, 0.2) is 12.2 Å². The van der Waals surface area contributed by atoms with Gasteiger partial charge in [-0.15, -0.1) is 0 Å². The van der Waals surface area contributed by atoms with Crippen LogP contribution in [0.2, 0.25) is 0 Å². The highest BCUT2D eigenvalue weighted by Gasteiger charge is 2.44. The Balaban J connectivity index is 0.000000400. The summed E-state index contributed by atoms with van der Waals surface area (Å²) in [5.74, 6) is 0. The van der Waals surface area contributed by atoms with E-state index in [-0.39, 0.29) is 0 Å². The summed E-state index contributed by atoms with van der Waals surface area (Å²) < 4.78 is 2.47. The van der Waals surface area contributed by atoms with Crippen LogP contribution in [0, 0.1) is 6.92 Å². The number of nitrogens with zero attached hydrogens (tertiary/aromatic N) is 1. The summed E-state index contributed by atoms with van der Waals surface area (Å²) in [4.78, 5) is 0. The van der Waals surface area contributed by atoms with E-state index in [1.807, 2.05) is 41.5 Å². The minimum Gasteiger partial charge on any atom is -0.204 e. The van der Waals surface area contributed by atoms with Crippen LogP contribution in [0.4, 0.5) is 0 Å². The van der Waals surface area contributed by atoms with Gasteiger partial charge >= 0.3 is 6.71 Å². The van der Waals surface area contributed by atoms with Gasteiger partial charge in [-0.05, 0) is 22.7 Å². The number of hydrogen-bond donors (Lipinski definition) is 0. The molecule has 3 heterocycles. The highest BCUT2D eigenvalue weighted by molar-refractivity contribution is 6.98. The molecule has 3 aromatic rings. The van der Waals surface area contributed by atoms with Crippen LogP contribution in [0.15, 0.2) is 60.7 Å². The Kier molecular flexibility index (Phi) is 7.41. The third kappa shape index (κ3) is 3.46. The van der Waals surface area contributed by atoms with E-state index in [0.717, 1.165) is 6.54 Å². The largest absolute Gasteiger partial charge is 0.327 e. The van der Waals surface area contributed by atoms with Crippen molar-refractivity contribution in [1.29, 1.82) is 0 Å². The summed E-state index contributed by atoms with van der Waals surface area (Å²) >= 11 is 0. The molecule has 0 bridgehead atoms. The van der Waals surface area contributed by atoms with Crippen LogP contribution in [0.1, 0.15) is 52.8 Å². The van der Waals surface area contributed by atoms with Gasteiger partial charge in [0.1, 0.15) is 5.59 Å². The van der Waals surface area contributed by atoms with Crippen LogP contribution in [-0.2, 0) is 6.54 Å². The van der Waals surface area contributed by atoms with Crippen LogP contribution in [0.5, 0.6) is 0 Å². The van der Waals surface area contributed by atoms with E-state index in [1.165, 1.54) is 38.9 Å². The predicted molar refractivity (Wildman–Crippen MR) is 121 cm³/mol. The van der Waals surface area contributed by atoms with E-state index in [0.29, 0.717) is 6.71 Å². The molecule has 0 unspecified atom stereocenters. The Hall–Kier alpha value is -2.35. The maximum Gasteiger partial charge on any atom is 0.327 e. The molecule has 27 heavy (non-hydrogen) atoms. The second kappa shape index (κ2) is 9.55. The van der Waals surface area contributed by atoms with Crippen molar-refractivity contribution in [3.8, 4) is 11.1 Å². The lowest BCUT2D eigenvalue weighted by Gasteiger charge is -2.19. The van der Waals surface area contributed by atoms with Crippen molar-refractivity contribution >= 4 is 23.2 Å². The number of benzene rings is 2. The third-order valence-corrected chi connectivity index (χ3v) is 5.01. The van der Waals surface area contributed by atoms with Crippen molar-refractivity contribution in [3.05, 3.63) is 71.9 Å². The fourth-order valence-electron chi connectivity index (χ4n) is 4.09. The Morgan fingerprint density at radius 3 is 2.07 bits per heavy atom. The van der Waals surface area contributed by atoms with Crippen LogP contribution in [-0.4, -0.2) is 6.71 Å². The van der Waals surface area contributed by atoms with E-state index < -0.39 is 0 Å². The highest BCUT2D eigenvalue weighted by Crippen LogP contribution is 2.25. The molecule has 2 aliphatic rings. The molecule has 0 amide bonds. The van der Waals surface area contributed by atoms with E-state index in [2.05, 4.69) is 72.2 Å². The maximum atomic E-state index is 2.47. The molecule has 1 nitrogen and oxygen atoms in total. The van der Waals surface area contributed by atoms with Crippen LogP contribution in [0.3, 0.4) is 0 Å². The molecular weight excluding hydrogens is 325 g/mol. The summed E-state index contributed by atoms with van der Waals surface area (Å²) in [7, 11) is 0. The fraction of sp³-hybridized carbons (Fsp3) is 0.320. The Morgan fingerprint density at radius 2 is 1.33 bits per heavy atom. The standard InChI is InChI=1S/C19H15BN.3C2H6/c1-13-6-4-11-18-20-17-10-3-2-8-15(17)16-9-5-7-14(19(16)20)12-21(13)18;3*1-2/h2-11H,12H2,1H3;3*1-2H3/q+1;;;. The van der Waals surface area contributed by atoms with Crippen molar-refractivity contribution < 1.29 is 4.57 Å². The zero-order valence-electron chi connectivity index (χ0n) is 18.0. The summed E-state index contributed by atoms with van der Waals surface area (Å²) in [6.45, 7) is 15.6.